The maximum atomic E-state index is 12.1. The Balaban J connectivity index is 2.00. The Kier molecular flexibility index (Phi) is 3.97. The average molecular weight is 297 g/mol. The first-order chi connectivity index (χ1) is 9.65. The van der Waals surface area contributed by atoms with E-state index in [4.69, 9.17) is 10.8 Å². The quantitative estimate of drug-likeness (QED) is 0.662. The van der Waals surface area contributed by atoms with Crippen molar-refractivity contribution in [3.8, 4) is 0 Å². The molecule has 7 nitrogen and oxygen atoms in total. The van der Waals surface area contributed by atoms with Crippen molar-refractivity contribution >= 4 is 17.8 Å². The summed E-state index contributed by atoms with van der Waals surface area (Å²) < 4.78 is 0. The Hall–Kier alpha value is -1.63. The van der Waals surface area contributed by atoms with Gasteiger partial charge >= 0.3 is 5.97 Å². The lowest BCUT2D eigenvalue weighted by Crippen LogP contribution is -2.51. The summed E-state index contributed by atoms with van der Waals surface area (Å²) in [5.41, 5.74) is 4.05. The summed E-state index contributed by atoms with van der Waals surface area (Å²) in [4.78, 5) is 36.3. The zero-order valence-corrected chi connectivity index (χ0v) is 12.5. The lowest BCUT2D eigenvalue weighted by atomic mass is 9.80. The Morgan fingerprint density at radius 1 is 1.48 bits per heavy atom. The van der Waals surface area contributed by atoms with Gasteiger partial charge in [0.25, 0.3) is 0 Å². The summed E-state index contributed by atoms with van der Waals surface area (Å²) >= 11 is 0. The van der Waals surface area contributed by atoms with Crippen molar-refractivity contribution in [3.63, 3.8) is 0 Å². The summed E-state index contributed by atoms with van der Waals surface area (Å²) in [6.07, 6.45) is 2.15. The van der Waals surface area contributed by atoms with E-state index in [1.54, 1.807) is 11.8 Å². The van der Waals surface area contributed by atoms with Gasteiger partial charge in [0.2, 0.25) is 11.8 Å². The fraction of sp³-hybridized carbons (Fsp3) is 0.786. The molecule has 0 saturated carbocycles. The highest BCUT2D eigenvalue weighted by Crippen LogP contribution is 2.37. The van der Waals surface area contributed by atoms with Crippen molar-refractivity contribution in [3.05, 3.63) is 0 Å². The third kappa shape index (κ3) is 3.18. The van der Waals surface area contributed by atoms with Gasteiger partial charge in [-0.05, 0) is 32.6 Å². The van der Waals surface area contributed by atoms with Crippen LogP contribution in [0.15, 0.2) is 0 Å². The first kappa shape index (κ1) is 15.8. The lowest BCUT2D eigenvalue weighted by molar-refractivity contribution is -0.143. The van der Waals surface area contributed by atoms with E-state index < -0.39 is 11.5 Å². The maximum absolute atomic E-state index is 12.1. The van der Waals surface area contributed by atoms with E-state index in [1.807, 2.05) is 0 Å². The van der Waals surface area contributed by atoms with Crippen molar-refractivity contribution in [2.45, 2.75) is 50.6 Å². The number of hydrogen-bond donors (Lipinski definition) is 3. The van der Waals surface area contributed by atoms with Crippen LogP contribution in [-0.2, 0) is 14.4 Å². The van der Waals surface area contributed by atoms with Crippen molar-refractivity contribution in [1.29, 1.82) is 0 Å². The molecule has 2 aliphatic heterocycles. The predicted molar refractivity (Wildman–Crippen MR) is 75.3 cm³/mol. The number of piperidine rings is 1. The number of nitrogens with zero attached hydrogens (tertiary/aromatic N) is 1. The predicted octanol–water partition coefficient (Wildman–Crippen LogP) is -0.304. The van der Waals surface area contributed by atoms with Crippen LogP contribution in [0.2, 0.25) is 0 Å². The van der Waals surface area contributed by atoms with Gasteiger partial charge in [-0.1, -0.05) is 0 Å². The van der Waals surface area contributed by atoms with Gasteiger partial charge in [-0.25, -0.2) is 0 Å². The van der Waals surface area contributed by atoms with Gasteiger partial charge in [0, 0.05) is 31.5 Å². The molecule has 1 spiro atoms. The van der Waals surface area contributed by atoms with E-state index >= 15 is 0 Å². The van der Waals surface area contributed by atoms with E-state index in [2.05, 4.69) is 5.32 Å². The number of hydrogen-bond acceptors (Lipinski definition) is 4. The molecule has 2 rings (SSSR count). The van der Waals surface area contributed by atoms with Gasteiger partial charge < -0.3 is 21.1 Å². The van der Waals surface area contributed by atoms with Crippen LogP contribution in [0.1, 0.15) is 39.5 Å². The van der Waals surface area contributed by atoms with E-state index in [0.29, 0.717) is 32.4 Å². The fourth-order valence-corrected chi connectivity index (χ4v) is 3.32. The number of amides is 2. The van der Waals surface area contributed by atoms with Crippen LogP contribution in [0.4, 0.5) is 0 Å². The van der Waals surface area contributed by atoms with Crippen molar-refractivity contribution in [2.75, 3.05) is 13.1 Å². The monoisotopic (exact) mass is 297 g/mol. The van der Waals surface area contributed by atoms with Crippen LogP contribution in [-0.4, -0.2) is 52.0 Å². The second kappa shape index (κ2) is 5.29. The van der Waals surface area contributed by atoms with Crippen LogP contribution in [0, 0.1) is 5.92 Å². The molecule has 0 aromatic heterocycles. The molecule has 0 unspecified atom stereocenters. The standard InChI is InChI=1S/C14H23N3O4/c1-9(18)17-5-3-14(4-6-17)8-10(11(19)16-14)7-13(2,15)12(20)21/h10H,3-8,15H2,1-2H3,(H,16,19)(H,20,21)/t10-,13-/m0/s1. The maximum Gasteiger partial charge on any atom is 0.323 e. The first-order valence-corrected chi connectivity index (χ1v) is 7.25. The molecule has 118 valence electrons. The minimum Gasteiger partial charge on any atom is -0.480 e. The van der Waals surface area contributed by atoms with Gasteiger partial charge in [0.15, 0.2) is 0 Å². The summed E-state index contributed by atoms with van der Waals surface area (Å²) in [5, 5.41) is 12.1. The number of likely N-dealkylation sites (tertiary alicyclic amines) is 1. The number of carbonyl (C=O) groups is 3. The van der Waals surface area contributed by atoms with Crippen LogP contribution in [0.25, 0.3) is 0 Å². The van der Waals surface area contributed by atoms with Gasteiger partial charge in [0.05, 0.1) is 0 Å². The molecule has 2 saturated heterocycles. The number of aliphatic carboxylic acids is 1. The number of nitrogens with one attached hydrogen (secondary N) is 1. The van der Waals surface area contributed by atoms with Gasteiger partial charge in [-0.2, -0.15) is 0 Å². The number of carboxylic acids is 1. The Morgan fingerprint density at radius 2 is 2.05 bits per heavy atom. The largest absolute Gasteiger partial charge is 0.480 e. The average Bonchev–Trinajstić information content (AvgIpc) is 2.65. The second-order valence-corrected chi connectivity index (χ2v) is 6.60. The minimum absolute atomic E-state index is 0.0473. The Bertz CT molecular complexity index is 467. The normalized spacial score (nSPS) is 27.3. The summed E-state index contributed by atoms with van der Waals surface area (Å²) in [6.45, 7) is 4.23. The van der Waals surface area contributed by atoms with Crippen molar-refractivity contribution in [1.82, 2.24) is 10.2 Å². The summed E-state index contributed by atoms with van der Waals surface area (Å²) in [5.74, 6) is -1.54. The van der Waals surface area contributed by atoms with Gasteiger partial charge in [0.1, 0.15) is 5.54 Å². The molecular weight excluding hydrogens is 274 g/mol. The van der Waals surface area contributed by atoms with E-state index in [1.165, 1.54) is 6.92 Å². The Morgan fingerprint density at radius 3 is 2.52 bits per heavy atom. The molecule has 0 aliphatic carbocycles. The third-order valence-corrected chi connectivity index (χ3v) is 4.72. The van der Waals surface area contributed by atoms with Gasteiger partial charge in [-0.15, -0.1) is 0 Å². The van der Waals surface area contributed by atoms with E-state index in [-0.39, 0.29) is 29.7 Å². The molecule has 2 aliphatic rings. The highest BCUT2D eigenvalue weighted by molar-refractivity contribution is 5.84. The molecule has 0 bridgehead atoms. The molecular formula is C14H23N3O4. The minimum atomic E-state index is -1.40. The second-order valence-electron chi connectivity index (χ2n) is 6.60. The molecule has 2 heterocycles. The molecule has 0 aromatic carbocycles. The summed E-state index contributed by atoms with van der Waals surface area (Å²) in [6, 6.07) is 0. The Labute approximate surface area is 123 Å². The highest BCUT2D eigenvalue weighted by Gasteiger charge is 2.48. The molecule has 4 N–H and O–H groups in total. The SMILES string of the molecule is CC(=O)N1CCC2(CC1)C[C@H](C[C@](C)(N)C(=O)O)C(=O)N2. The van der Waals surface area contributed by atoms with E-state index in [0.717, 1.165) is 0 Å². The summed E-state index contributed by atoms with van der Waals surface area (Å²) in [7, 11) is 0. The molecule has 2 atom stereocenters. The molecule has 2 fully saturated rings. The molecule has 2 amide bonds. The van der Waals surface area contributed by atoms with Crippen LogP contribution < -0.4 is 11.1 Å². The molecule has 21 heavy (non-hydrogen) atoms. The number of carbonyl (C=O) groups excluding carboxylic acids is 2. The van der Waals surface area contributed by atoms with Crippen LogP contribution >= 0.6 is 0 Å². The smallest absolute Gasteiger partial charge is 0.323 e. The molecule has 7 heteroatoms. The van der Waals surface area contributed by atoms with Crippen molar-refractivity contribution < 1.29 is 19.5 Å². The zero-order valence-electron chi connectivity index (χ0n) is 12.5. The number of carboxylic acid groups (broad SMARTS) is 1. The van der Waals surface area contributed by atoms with Crippen LogP contribution in [0.3, 0.4) is 0 Å². The van der Waals surface area contributed by atoms with E-state index in [9.17, 15) is 14.4 Å². The third-order valence-electron chi connectivity index (χ3n) is 4.72. The molecule has 0 radical (unpaired) electrons. The number of nitrogens with two attached hydrogens (primary N) is 1. The first-order valence-electron chi connectivity index (χ1n) is 7.25. The topological polar surface area (TPSA) is 113 Å². The fourth-order valence-electron chi connectivity index (χ4n) is 3.32. The van der Waals surface area contributed by atoms with Crippen LogP contribution in [0.5, 0.6) is 0 Å². The lowest BCUT2D eigenvalue weighted by Gasteiger charge is -2.39. The van der Waals surface area contributed by atoms with Crippen molar-refractivity contribution in [2.24, 2.45) is 11.7 Å². The van der Waals surface area contributed by atoms with Gasteiger partial charge in [-0.3, -0.25) is 14.4 Å². The molecule has 0 aromatic rings. The zero-order chi connectivity index (χ0) is 15.8. The highest BCUT2D eigenvalue weighted by atomic mass is 16.4. The number of rotatable bonds is 3.